The minimum Gasteiger partial charge on any atom is -0.465 e. The Morgan fingerprint density at radius 3 is 2.83 bits per heavy atom. The first-order chi connectivity index (χ1) is 8.69. The molecule has 0 radical (unpaired) electrons. The number of methoxy groups -OCH3 is 1. The fraction of sp³-hybridized carbons (Fsp3) is 0.400. The van der Waals surface area contributed by atoms with Gasteiger partial charge in [-0.3, -0.25) is 0 Å². The summed E-state index contributed by atoms with van der Waals surface area (Å²) in [6, 6.07) is 5.17. The number of allylic oxidation sites excluding steroid dienone is 1. The lowest BCUT2D eigenvalue weighted by Crippen LogP contribution is -2.02. The molecule has 0 heterocycles. The van der Waals surface area contributed by atoms with Gasteiger partial charge in [-0.25, -0.2) is 4.79 Å². The van der Waals surface area contributed by atoms with Gasteiger partial charge in [0, 0.05) is 5.69 Å². The summed E-state index contributed by atoms with van der Waals surface area (Å²) in [5.74, 6) is -0.337. The summed E-state index contributed by atoms with van der Waals surface area (Å²) >= 11 is 0. The number of ether oxygens (including phenoxy) is 1. The molecule has 3 heteroatoms. The minimum absolute atomic E-state index is 0.337. The van der Waals surface area contributed by atoms with Crippen molar-refractivity contribution in [3.8, 4) is 0 Å². The van der Waals surface area contributed by atoms with Gasteiger partial charge in [-0.1, -0.05) is 31.9 Å². The maximum Gasteiger partial charge on any atom is 0.337 e. The first-order valence-corrected chi connectivity index (χ1v) is 6.33. The Morgan fingerprint density at radius 2 is 2.17 bits per heavy atom. The average Bonchev–Trinajstić information content (AvgIpc) is 2.39. The van der Waals surface area contributed by atoms with Crippen LogP contribution in [-0.2, 0) is 4.74 Å². The van der Waals surface area contributed by atoms with Gasteiger partial charge in [0.2, 0.25) is 0 Å². The number of benzene rings is 1. The molecule has 1 aromatic rings. The first kappa shape index (κ1) is 14.3. The van der Waals surface area contributed by atoms with Gasteiger partial charge < -0.3 is 10.5 Å². The van der Waals surface area contributed by atoms with Crippen molar-refractivity contribution in [3.05, 3.63) is 35.4 Å². The van der Waals surface area contributed by atoms with E-state index >= 15 is 0 Å². The molecule has 0 fully saturated rings. The van der Waals surface area contributed by atoms with Gasteiger partial charge in [0.15, 0.2) is 0 Å². The number of anilines is 1. The number of carbonyl (C=O) groups is 1. The summed E-state index contributed by atoms with van der Waals surface area (Å²) in [4.78, 5) is 11.4. The molecular formula is C15H21NO2. The summed E-state index contributed by atoms with van der Waals surface area (Å²) in [7, 11) is 1.37. The van der Waals surface area contributed by atoms with Crippen LogP contribution in [0.3, 0.4) is 0 Å². The summed E-state index contributed by atoms with van der Waals surface area (Å²) in [6.45, 7) is 2.18. The maximum absolute atomic E-state index is 11.4. The predicted molar refractivity (Wildman–Crippen MR) is 75.4 cm³/mol. The van der Waals surface area contributed by atoms with Gasteiger partial charge in [0.05, 0.1) is 12.7 Å². The summed E-state index contributed by atoms with van der Waals surface area (Å²) < 4.78 is 4.68. The number of esters is 1. The first-order valence-electron chi connectivity index (χ1n) is 6.33. The fourth-order valence-electron chi connectivity index (χ4n) is 1.69. The van der Waals surface area contributed by atoms with Crippen molar-refractivity contribution in [1.29, 1.82) is 0 Å². The molecule has 0 amide bonds. The normalized spacial score (nSPS) is 10.8. The Hall–Kier alpha value is -1.77. The van der Waals surface area contributed by atoms with Crippen molar-refractivity contribution in [2.75, 3.05) is 12.8 Å². The van der Waals surface area contributed by atoms with Crippen molar-refractivity contribution in [3.63, 3.8) is 0 Å². The molecular weight excluding hydrogens is 226 g/mol. The Bertz CT molecular complexity index is 425. The molecule has 0 saturated heterocycles. The molecule has 98 valence electrons. The maximum atomic E-state index is 11.4. The number of hydrogen-bond acceptors (Lipinski definition) is 3. The van der Waals surface area contributed by atoms with E-state index < -0.39 is 0 Å². The van der Waals surface area contributed by atoms with E-state index in [0.29, 0.717) is 11.3 Å². The van der Waals surface area contributed by atoms with Crippen molar-refractivity contribution >= 4 is 17.7 Å². The van der Waals surface area contributed by atoms with Crippen molar-refractivity contribution in [1.82, 2.24) is 0 Å². The van der Waals surface area contributed by atoms with Crippen LogP contribution >= 0.6 is 0 Å². The van der Waals surface area contributed by atoms with Crippen LogP contribution in [0.1, 0.15) is 48.5 Å². The van der Waals surface area contributed by atoms with Gasteiger partial charge in [-0.05, 0) is 36.6 Å². The van der Waals surface area contributed by atoms with Crippen LogP contribution in [0.5, 0.6) is 0 Å². The molecule has 0 bridgehead atoms. The quantitative estimate of drug-likeness (QED) is 0.474. The highest BCUT2D eigenvalue weighted by Crippen LogP contribution is 2.17. The van der Waals surface area contributed by atoms with Crippen molar-refractivity contribution in [2.45, 2.75) is 32.6 Å². The molecule has 0 atom stereocenters. The second-order valence-electron chi connectivity index (χ2n) is 4.23. The van der Waals surface area contributed by atoms with Gasteiger partial charge in [-0.2, -0.15) is 0 Å². The van der Waals surface area contributed by atoms with Crippen molar-refractivity contribution < 1.29 is 9.53 Å². The highest BCUT2D eigenvalue weighted by atomic mass is 16.5. The third kappa shape index (κ3) is 4.24. The Morgan fingerprint density at radius 1 is 1.39 bits per heavy atom. The second-order valence-corrected chi connectivity index (χ2v) is 4.23. The van der Waals surface area contributed by atoms with E-state index in [1.165, 1.54) is 26.4 Å². The highest BCUT2D eigenvalue weighted by molar-refractivity contribution is 5.91. The largest absolute Gasteiger partial charge is 0.465 e. The SMILES string of the molecule is CCCCCC=Cc1cc(C(=O)OC)ccc1N. The molecule has 1 rings (SSSR count). The fourth-order valence-corrected chi connectivity index (χ4v) is 1.69. The number of hydrogen-bond donors (Lipinski definition) is 1. The zero-order valence-corrected chi connectivity index (χ0v) is 11.1. The summed E-state index contributed by atoms with van der Waals surface area (Å²) in [5, 5.41) is 0. The van der Waals surface area contributed by atoms with Gasteiger partial charge >= 0.3 is 5.97 Å². The molecule has 0 spiro atoms. The van der Waals surface area contributed by atoms with Crippen molar-refractivity contribution in [2.24, 2.45) is 0 Å². The monoisotopic (exact) mass is 247 g/mol. The zero-order valence-electron chi connectivity index (χ0n) is 11.1. The highest BCUT2D eigenvalue weighted by Gasteiger charge is 2.06. The van der Waals surface area contributed by atoms with Crippen LogP contribution < -0.4 is 5.73 Å². The van der Waals surface area contributed by atoms with Gasteiger partial charge in [-0.15, -0.1) is 0 Å². The topological polar surface area (TPSA) is 52.3 Å². The average molecular weight is 247 g/mol. The molecule has 0 aromatic heterocycles. The molecule has 18 heavy (non-hydrogen) atoms. The molecule has 2 N–H and O–H groups in total. The molecule has 3 nitrogen and oxygen atoms in total. The number of carbonyl (C=O) groups excluding carboxylic acids is 1. The lowest BCUT2D eigenvalue weighted by atomic mass is 10.1. The van der Waals surface area contributed by atoms with Crippen LogP contribution in [0.4, 0.5) is 5.69 Å². The van der Waals surface area contributed by atoms with E-state index in [0.717, 1.165) is 12.0 Å². The third-order valence-corrected chi connectivity index (χ3v) is 2.78. The van der Waals surface area contributed by atoms with Crippen LogP contribution in [-0.4, -0.2) is 13.1 Å². The third-order valence-electron chi connectivity index (χ3n) is 2.78. The Balaban J connectivity index is 2.72. The number of rotatable bonds is 6. The molecule has 1 aromatic carbocycles. The molecule has 0 aliphatic carbocycles. The Labute approximate surface area is 109 Å². The molecule has 0 saturated carbocycles. The number of nitrogen functional groups attached to an aromatic ring is 1. The standard InChI is InChI=1S/C15H21NO2/c1-3-4-5-6-7-8-12-11-13(15(17)18-2)9-10-14(12)16/h7-11H,3-6,16H2,1-2H3. The van der Waals surface area contributed by atoms with E-state index in [9.17, 15) is 4.79 Å². The predicted octanol–water partition coefficient (Wildman–Crippen LogP) is 3.65. The summed E-state index contributed by atoms with van der Waals surface area (Å²) in [5.41, 5.74) is 7.94. The summed E-state index contributed by atoms with van der Waals surface area (Å²) in [6.07, 6.45) is 8.75. The van der Waals surface area contributed by atoms with Gasteiger partial charge in [0.1, 0.15) is 0 Å². The van der Waals surface area contributed by atoms with Crippen LogP contribution in [0.2, 0.25) is 0 Å². The van der Waals surface area contributed by atoms with E-state index in [2.05, 4.69) is 17.7 Å². The number of unbranched alkanes of at least 4 members (excludes halogenated alkanes) is 3. The smallest absolute Gasteiger partial charge is 0.337 e. The molecule has 0 aliphatic heterocycles. The Kier molecular flexibility index (Phi) is 5.98. The van der Waals surface area contributed by atoms with Gasteiger partial charge in [0.25, 0.3) is 0 Å². The van der Waals surface area contributed by atoms with E-state index in [-0.39, 0.29) is 5.97 Å². The van der Waals surface area contributed by atoms with Crippen LogP contribution in [0.25, 0.3) is 6.08 Å². The lowest BCUT2D eigenvalue weighted by Gasteiger charge is -2.04. The minimum atomic E-state index is -0.337. The van der Waals surface area contributed by atoms with E-state index in [4.69, 9.17) is 5.73 Å². The zero-order chi connectivity index (χ0) is 13.4. The van der Waals surface area contributed by atoms with E-state index in [1.54, 1.807) is 18.2 Å². The second kappa shape index (κ2) is 7.54. The lowest BCUT2D eigenvalue weighted by molar-refractivity contribution is 0.0601. The van der Waals surface area contributed by atoms with Crippen LogP contribution in [0.15, 0.2) is 24.3 Å². The molecule has 0 aliphatic rings. The van der Waals surface area contributed by atoms with E-state index in [1.807, 2.05) is 6.08 Å². The number of nitrogens with two attached hydrogens (primary N) is 1. The molecule has 0 unspecified atom stereocenters. The van der Waals surface area contributed by atoms with Crippen LogP contribution in [0, 0.1) is 0 Å².